The molecule has 0 aliphatic rings. The SMILES string of the molecule is Nc1cnc2ccccc2c1NCc1ccc(F)cc1F. The molecule has 1 aromatic heterocycles. The number of para-hydroxylation sites is 1. The monoisotopic (exact) mass is 285 g/mol. The van der Waals surface area contributed by atoms with E-state index in [-0.39, 0.29) is 6.54 Å². The van der Waals surface area contributed by atoms with Gasteiger partial charge >= 0.3 is 0 Å². The molecule has 0 aliphatic heterocycles. The van der Waals surface area contributed by atoms with Gasteiger partial charge in [0.2, 0.25) is 0 Å². The lowest BCUT2D eigenvalue weighted by atomic mass is 10.1. The van der Waals surface area contributed by atoms with Gasteiger partial charge < -0.3 is 11.1 Å². The van der Waals surface area contributed by atoms with E-state index >= 15 is 0 Å². The van der Waals surface area contributed by atoms with Crippen LogP contribution in [0.15, 0.2) is 48.7 Å². The molecule has 1 heterocycles. The fourth-order valence-electron chi connectivity index (χ4n) is 2.20. The summed E-state index contributed by atoms with van der Waals surface area (Å²) in [5, 5.41) is 3.97. The molecule has 5 heteroatoms. The van der Waals surface area contributed by atoms with Crippen molar-refractivity contribution >= 4 is 22.3 Å². The fraction of sp³-hybridized carbons (Fsp3) is 0.0625. The van der Waals surface area contributed by atoms with Crippen LogP contribution in [0.3, 0.4) is 0 Å². The summed E-state index contributed by atoms with van der Waals surface area (Å²) in [6.45, 7) is 0.213. The van der Waals surface area contributed by atoms with E-state index in [2.05, 4.69) is 10.3 Å². The van der Waals surface area contributed by atoms with E-state index in [9.17, 15) is 8.78 Å². The van der Waals surface area contributed by atoms with Crippen LogP contribution >= 0.6 is 0 Å². The lowest BCUT2D eigenvalue weighted by Gasteiger charge is -2.12. The van der Waals surface area contributed by atoms with Crippen LogP contribution in [0, 0.1) is 11.6 Å². The highest BCUT2D eigenvalue weighted by Crippen LogP contribution is 2.28. The minimum Gasteiger partial charge on any atom is -0.396 e. The zero-order valence-electron chi connectivity index (χ0n) is 11.1. The topological polar surface area (TPSA) is 50.9 Å². The number of fused-ring (bicyclic) bond motifs is 1. The highest BCUT2D eigenvalue weighted by atomic mass is 19.1. The van der Waals surface area contributed by atoms with Crippen LogP contribution in [0.5, 0.6) is 0 Å². The van der Waals surface area contributed by atoms with Gasteiger partial charge in [-0.1, -0.05) is 24.3 Å². The molecule has 0 saturated heterocycles. The average molecular weight is 285 g/mol. The zero-order valence-corrected chi connectivity index (χ0v) is 11.1. The molecule has 3 N–H and O–H groups in total. The molecule has 3 rings (SSSR count). The molecule has 0 saturated carbocycles. The molecule has 2 aromatic carbocycles. The lowest BCUT2D eigenvalue weighted by Crippen LogP contribution is -2.05. The van der Waals surface area contributed by atoms with E-state index in [0.29, 0.717) is 16.9 Å². The van der Waals surface area contributed by atoms with Crippen molar-refractivity contribution in [3.05, 3.63) is 65.9 Å². The number of halogens is 2. The summed E-state index contributed by atoms with van der Waals surface area (Å²) in [4.78, 5) is 4.24. The number of pyridine rings is 1. The van der Waals surface area contributed by atoms with Gasteiger partial charge in [-0.15, -0.1) is 0 Å². The Labute approximate surface area is 120 Å². The number of anilines is 2. The molecule has 0 unspecified atom stereocenters. The van der Waals surface area contributed by atoms with Crippen molar-refractivity contribution in [2.24, 2.45) is 0 Å². The van der Waals surface area contributed by atoms with Crippen molar-refractivity contribution in [2.45, 2.75) is 6.54 Å². The van der Waals surface area contributed by atoms with E-state index in [0.717, 1.165) is 17.0 Å². The second-order valence-electron chi connectivity index (χ2n) is 4.69. The zero-order chi connectivity index (χ0) is 14.8. The quantitative estimate of drug-likeness (QED) is 0.771. The molecule has 0 fully saturated rings. The molecule has 0 amide bonds. The fourth-order valence-corrected chi connectivity index (χ4v) is 2.20. The number of aromatic nitrogens is 1. The molecule has 0 radical (unpaired) electrons. The van der Waals surface area contributed by atoms with E-state index in [4.69, 9.17) is 5.73 Å². The smallest absolute Gasteiger partial charge is 0.131 e. The van der Waals surface area contributed by atoms with Crippen molar-refractivity contribution in [2.75, 3.05) is 11.1 Å². The normalized spacial score (nSPS) is 10.8. The number of nitrogen functional groups attached to an aromatic ring is 1. The molecule has 0 bridgehead atoms. The maximum Gasteiger partial charge on any atom is 0.131 e. The predicted molar refractivity (Wildman–Crippen MR) is 79.8 cm³/mol. The van der Waals surface area contributed by atoms with Gasteiger partial charge in [0.1, 0.15) is 11.6 Å². The first kappa shape index (κ1) is 13.3. The van der Waals surface area contributed by atoms with Gasteiger partial charge in [-0.05, 0) is 12.1 Å². The van der Waals surface area contributed by atoms with Crippen LogP contribution in [-0.2, 0) is 6.54 Å². The maximum absolute atomic E-state index is 13.6. The third-order valence-corrected chi connectivity index (χ3v) is 3.28. The molecule has 0 aliphatic carbocycles. The molecule has 0 spiro atoms. The van der Waals surface area contributed by atoms with Crippen molar-refractivity contribution in [3.63, 3.8) is 0 Å². The van der Waals surface area contributed by atoms with E-state index < -0.39 is 11.6 Å². The van der Waals surface area contributed by atoms with Gasteiger partial charge in [0.25, 0.3) is 0 Å². The number of nitrogens with one attached hydrogen (secondary N) is 1. The largest absolute Gasteiger partial charge is 0.396 e. The van der Waals surface area contributed by atoms with Gasteiger partial charge in [0, 0.05) is 23.6 Å². The van der Waals surface area contributed by atoms with E-state index in [1.807, 2.05) is 24.3 Å². The number of benzene rings is 2. The third kappa shape index (κ3) is 2.63. The minimum atomic E-state index is -0.592. The number of rotatable bonds is 3. The second-order valence-corrected chi connectivity index (χ2v) is 4.69. The number of hydrogen-bond acceptors (Lipinski definition) is 3. The number of nitrogens with zero attached hydrogens (tertiary/aromatic N) is 1. The van der Waals surface area contributed by atoms with Crippen molar-refractivity contribution < 1.29 is 8.78 Å². The summed E-state index contributed by atoms with van der Waals surface area (Å²) in [6, 6.07) is 11.0. The predicted octanol–water partition coefficient (Wildman–Crippen LogP) is 3.71. The van der Waals surface area contributed by atoms with Crippen LogP contribution in [0.2, 0.25) is 0 Å². The van der Waals surface area contributed by atoms with Gasteiger partial charge in [0.15, 0.2) is 0 Å². The summed E-state index contributed by atoms with van der Waals surface area (Å²) in [7, 11) is 0. The van der Waals surface area contributed by atoms with Gasteiger partial charge in [0.05, 0.1) is 23.1 Å². The molecule has 3 nitrogen and oxygen atoms in total. The van der Waals surface area contributed by atoms with Crippen molar-refractivity contribution in [1.82, 2.24) is 4.98 Å². The van der Waals surface area contributed by atoms with Crippen LogP contribution in [-0.4, -0.2) is 4.98 Å². The van der Waals surface area contributed by atoms with Gasteiger partial charge in [-0.2, -0.15) is 0 Å². The highest BCUT2D eigenvalue weighted by molar-refractivity contribution is 5.96. The first-order chi connectivity index (χ1) is 10.1. The molecular weight excluding hydrogens is 272 g/mol. The first-order valence-electron chi connectivity index (χ1n) is 6.46. The molecule has 106 valence electrons. The Balaban J connectivity index is 1.93. The third-order valence-electron chi connectivity index (χ3n) is 3.28. The Morgan fingerprint density at radius 3 is 2.71 bits per heavy atom. The van der Waals surface area contributed by atoms with Crippen molar-refractivity contribution in [1.29, 1.82) is 0 Å². The highest BCUT2D eigenvalue weighted by Gasteiger charge is 2.08. The Morgan fingerprint density at radius 2 is 1.90 bits per heavy atom. The second kappa shape index (κ2) is 5.36. The van der Waals surface area contributed by atoms with Crippen LogP contribution in [0.25, 0.3) is 10.9 Å². The summed E-state index contributed by atoms with van der Waals surface area (Å²) >= 11 is 0. The number of hydrogen-bond donors (Lipinski definition) is 2. The Kier molecular flexibility index (Phi) is 3.39. The average Bonchev–Trinajstić information content (AvgIpc) is 2.48. The van der Waals surface area contributed by atoms with Gasteiger partial charge in [-0.3, -0.25) is 4.98 Å². The van der Waals surface area contributed by atoms with Crippen LogP contribution < -0.4 is 11.1 Å². The molecule has 0 atom stereocenters. The Morgan fingerprint density at radius 1 is 1.10 bits per heavy atom. The Hall–Kier alpha value is -2.69. The maximum atomic E-state index is 13.6. The first-order valence-corrected chi connectivity index (χ1v) is 6.46. The molecule has 3 aromatic rings. The van der Waals surface area contributed by atoms with Crippen molar-refractivity contribution in [3.8, 4) is 0 Å². The molecule has 21 heavy (non-hydrogen) atoms. The summed E-state index contributed by atoms with van der Waals surface area (Å²) in [5.74, 6) is -1.18. The standard InChI is InChI=1S/C16H13F2N3/c17-11-6-5-10(13(18)7-11)8-21-16-12-3-1-2-4-15(12)20-9-14(16)19/h1-7,9H,8,19H2,(H,20,21). The van der Waals surface area contributed by atoms with E-state index in [1.165, 1.54) is 12.1 Å². The minimum absolute atomic E-state index is 0.213. The molecular formula is C16H13F2N3. The summed E-state index contributed by atoms with van der Waals surface area (Å²) in [6.07, 6.45) is 1.56. The lowest BCUT2D eigenvalue weighted by molar-refractivity contribution is 0.574. The Bertz CT molecular complexity index is 803. The number of nitrogens with two attached hydrogens (primary N) is 1. The van der Waals surface area contributed by atoms with Crippen LogP contribution in [0.4, 0.5) is 20.2 Å². The van der Waals surface area contributed by atoms with Gasteiger partial charge in [-0.25, -0.2) is 8.78 Å². The summed E-state index contributed by atoms with van der Waals surface area (Å²) in [5.41, 5.74) is 8.29. The van der Waals surface area contributed by atoms with E-state index in [1.54, 1.807) is 6.20 Å². The summed E-state index contributed by atoms with van der Waals surface area (Å²) < 4.78 is 26.5. The van der Waals surface area contributed by atoms with Crippen LogP contribution in [0.1, 0.15) is 5.56 Å².